The van der Waals surface area contributed by atoms with Crippen LogP contribution in [0.15, 0.2) is 96.1 Å². The van der Waals surface area contributed by atoms with Crippen molar-refractivity contribution in [3.8, 4) is 17.2 Å². The molecule has 0 heterocycles. The fourth-order valence-corrected chi connectivity index (χ4v) is 3.84. The van der Waals surface area contributed by atoms with Gasteiger partial charge in [-0.05, 0) is 86.1 Å². The predicted octanol–water partition coefficient (Wildman–Crippen LogP) is 5.64. The number of para-hydroxylation sites is 1. The minimum absolute atomic E-state index is 0.243. The Labute approximate surface area is 237 Å². The molecule has 0 bridgehead atoms. The third kappa shape index (κ3) is 7.57. The van der Waals surface area contributed by atoms with Gasteiger partial charge in [0.1, 0.15) is 5.75 Å². The molecule has 4 aromatic rings. The minimum Gasteiger partial charge on any atom is -0.497 e. The Kier molecular flexibility index (Phi) is 9.45. The Morgan fingerprint density at radius 1 is 0.829 bits per heavy atom. The topological polar surface area (TPSA) is 115 Å². The molecule has 0 atom stereocenters. The Hall–Kier alpha value is -5.44. The molecule has 0 saturated heterocycles. The van der Waals surface area contributed by atoms with Crippen LogP contribution in [0.2, 0.25) is 0 Å². The highest BCUT2D eigenvalue weighted by molar-refractivity contribution is 6.09. The summed E-state index contributed by atoms with van der Waals surface area (Å²) in [5.74, 6) is -0.163. The van der Waals surface area contributed by atoms with Gasteiger partial charge in [0.15, 0.2) is 11.5 Å². The molecule has 0 saturated carbocycles. The average Bonchev–Trinajstić information content (AvgIpc) is 2.98. The zero-order valence-corrected chi connectivity index (χ0v) is 22.8. The molecule has 0 radical (unpaired) electrons. The van der Waals surface area contributed by atoms with E-state index in [9.17, 15) is 14.4 Å². The van der Waals surface area contributed by atoms with Gasteiger partial charge in [-0.25, -0.2) is 10.2 Å². The number of benzene rings is 4. The van der Waals surface area contributed by atoms with Crippen LogP contribution in [-0.4, -0.2) is 37.7 Å². The number of nitrogens with one attached hydrogen (secondary N) is 2. The molecule has 0 aliphatic heterocycles. The molecule has 0 spiro atoms. The van der Waals surface area contributed by atoms with Crippen molar-refractivity contribution in [1.29, 1.82) is 0 Å². The second-order valence-corrected chi connectivity index (χ2v) is 8.83. The first-order valence-electron chi connectivity index (χ1n) is 12.8. The number of esters is 1. The van der Waals surface area contributed by atoms with Crippen LogP contribution in [0.1, 0.15) is 49.1 Å². The molecule has 2 N–H and O–H groups in total. The highest BCUT2D eigenvalue weighted by Crippen LogP contribution is 2.29. The average molecular weight is 552 g/mol. The number of rotatable bonds is 10. The lowest BCUT2D eigenvalue weighted by molar-refractivity contribution is 0.0728. The van der Waals surface area contributed by atoms with Crippen LogP contribution < -0.4 is 25.0 Å². The zero-order chi connectivity index (χ0) is 29.2. The molecule has 41 heavy (non-hydrogen) atoms. The molecule has 0 aromatic heterocycles. The number of ether oxygens (including phenoxy) is 3. The number of aryl methyl sites for hydroxylation is 1. The van der Waals surface area contributed by atoms with E-state index in [0.29, 0.717) is 40.5 Å². The second-order valence-electron chi connectivity index (χ2n) is 8.83. The summed E-state index contributed by atoms with van der Waals surface area (Å²) >= 11 is 0. The second kappa shape index (κ2) is 13.6. The van der Waals surface area contributed by atoms with E-state index in [0.717, 1.165) is 5.56 Å². The molecule has 208 valence electrons. The van der Waals surface area contributed by atoms with E-state index in [-0.39, 0.29) is 17.2 Å². The number of carbonyl (C=O) groups is 3. The van der Waals surface area contributed by atoms with Gasteiger partial charge in [0, 0.05) is 5.56 Å². The van der Waals surface area contributed by atoms with E-state index < -0.39 is 11.9 Å². The molecule has 0 aliphatic rings. The Balaban J connectivity index is 1.43. The largest absolute Gasteiger partial charge is 0.497 e. The molecule has 4 aromatic carbocycles. The molecule has 2 amide bonds. The summed E-state index contributed by atoms with van der Waals surface area (Å²) in [7, 11) is 1.55. The maximum Gasteiger partial charge on any atom is 0.343 e. The van der Waals surface area contributed by atoms with Gasteiger partial charge in [0.2, 0.25) is 0 Å². The van der Waals surface area contributed by atoms with Crippen LogP contribution in [-0.2, 0) is 0 Å². The summed E-state index contributed by atoms with van der Waals surface area (Å²) in [6.07, 6.45) is 1.43. The Morgan fingerprint density at radius 3 is 2.34 bits per heavy atom. The first-order chi connectivity index (χ1) is 19.9. The van der Waals surface area contributed by atoms with Crippen LogP contribution in [0, 0.1) is 6.92 Å². The third-order valence-corrected chi connectivity index (χ3v) is 5.88. The lowest BCUT2D eigenvalue weighted by Crippen LogP contribution is -2.21. The van der Waals surface area contributed by atoms with Crippen LogP contribution in [0.3, 0.4) is 0 Å². The molecular weight excluding hydrogens is 522 g/mol. The molecule has 9 nitrogen and oxygen atoms in total. The van der Waals surface area contributed by atoms with E-state index in [2.05, 4.69) is 15.8 Å². The predicted molar refractivity (Wildman–Crippen MR) is 156 cm³/mol. The number of anilines is 1. The molecule has 4 rings (SSSR count). The van der Waals surface area contributed by atoms with Gasteiger partial charge in [-0.2, -0.15) is 5.10 Å². The molecule has 9 heteroatoms. The molecule has 0 aliphatic carbocycles. The quantitative estimate of drug-likeness (QED) is 0.114. The van der Waals surface area contributed by atoms with Crippen LogP contribution >= 0.6 is 0 Å². The molecule has 0 fully saturated rings. The summed E-state index contributed by atoms with van der Waals surface area (Å²) < 4.78 is 16.3. The number of nitrogens with zero attached hydrogens (tertiary/aromatic N) is 1. The first-order valence-corrected chi connectivity index (χ1v) is 12.8. The number of amides is 2. The van der Waals surface area contributed by atoms with Crippen molar-refractivity contribution in [2.75, 3.05) is 19.0 Å². The van der Waals surface area contributed by atoms with Gasteiger partial charge in [0.05, 0.1) is 36.7 Å². The minimum atomic E-state index is -0.546. The number of methoxy groups -OCH3 is 1. The van der Waals surface area contributed by atoms with E-state index in [1.54, 1.807) is 92.0 Å². The van der Waals surface area contributed by atoms with Crippen LogP contribution in [0.5, 0.6) is 17.2 Å². The number of hydrogen-bond donors (Lipinski definition) is 2. The number of carbonyl (C=O) groups excluding carboxylic acids is 3. The van der Waals surface area contributed by atoms with Crippen LogP contribution in [0.25, 0.3) is 0 Å². The Morgan fingerprint density at radius 2 is 1.61 bits per heavy atom. The van der Waals surface area contributed by atoms with Crippen molar-refractivity contribution in [1.82, 2.24) is 5.43 Å². The number of hydrogen-bond acceptors (Lipinski definition) is 7. The zero-order valence-electron chi connectivity index (χ0n) is 22.8. The van der Waals surface area contributed by atoms with E-state index in [4.69, 9.17) is 14.2 Å². The fraction of sp³-hybridized carbons (Fsp3) is 0.125. The van der Waals surface area contributed by atoms with E-state index in [1.165, 1.54) is 6.21 Å². The van der Waals surface area contributed by atoms with Crippen LogP contribution in [0.4, 0.5) is 5.69 Å². The van der Waals surface area contributed by atoms with Gasteiger partial charge in [-0.15, -0.1) is 0 Å². The summed E-state index contributed by atoms with van der Waals surface area (Å²) in [4.78, 5) is 38.2. The van der Waals surface area contributed by atoms with Crippen molar-refractivity contribution in [2.45, 2.75) is 13.8 Å². The van der Waals surface area contributed by atoms with Gasteiger partial charge < -0.3 is 19.5 Å². The van der Waals surface area contributed by atoms with Crippen molar-refractivity contribution in [2.24, 2.45) is 5.10 Å². The standard InChI is InChI=1S/C32H29N3O6/c1-4-40-29-19-22(12-17-28(29)41-32(38)23-13-15-25(39-3)16-14-23)20-33-35-31(37)26-10-5-6-11-27(26)34-30(36)24-9-7-8-21(2)18-24/h5-20H,4H2,1-3H3,(H,34,36)(H,35,37)/b33-20-. The summed E-state index contributed by atoms with van der Waals surface area (Å²) in [6, 6.07) is 25.3. The van der Waals surface area contributed by atoms with E-state index >= 15 is 0 Å². The van der Waals surface area contributed by atoms with Crippen molar-refractivity contribution >= 4 is 29.7 Å². The maximum atomic E-state index is 12.9. The van der Waals surface area contributed by atoms with Gasteiger partial charge in [-0.1, -0.05) is 29.8 Å². The summed E-state index contributed by atoms with van der Waals surface area (Å²) in [6.45, 7) is 4.05. The third-order valence-electron chi connectivity index (χ3n) is 5.88. The van der Waals surface area contributed by atoms with E-state index in [1.807, 2.05) is 19.9 Å². The smallest absolute Gasteiger partial charge is 0.343 e. The summed E-state index contributed by atoms with van der Waals surface area (Å²) in [5, 5.41) is 6.84. The first kappa shape index (κ1) is 28.6. The highest BCUT2D eigenvalue weighted by Gasteiger charge is 2.15. The molecular formula is C32H29N3O6. The van der Waals surface area contributed by atoms with Gasteiger partial charge in [0.25, 0.3) is 11.8 Å². The fourth-order valence-electron chi connectivity index (χ4n) is 3.84. The lowest BCUT2D eigenvalue weighted by atomic mass is 10.1. The SMILES string of the molecule is CCOc1cc(/C=N\NC(=O)c2ccccc2NC(=O)c2cccc(C)c2)ccc1OC(=O)c1ccc(OC)cc1. The highest BCUT2D eigenvalue weighted by atomic mass is 16.6. The lowest BCUT2D eigenvalue weighted by Gasteiger charge is -2.12. The van der Waals surface area contributed by atoms with Gasteiger partial charge in [-0.3, -0.25) is 9.59 Å². The monoisotopic (exact) mass is 551 g/mol. The van der Waals surface area contributed by atoms with Crippen molar-refractivity contribution in [3.05, 3.63) is 119 Å². The number of hydrazone groups is 1. The van der Waals surface area contributed by atoms with Gasteiger partial charge >= 0.3 is 5.97 Å². The van der Waals surface area contributed by atoms with Crippen molar-refractivity contribution in [3.63, 3.8) is 0 Å². The maximum absolute atomic E-state index is 12.9. The summed E-state index contributed by atoms with van der Waals surface area (Å²) in [5.41, 5.74) is 5.48. The molecule has 0 unspecified atom stereocenters. The normalized spacial score (nSPS) is 10.6. The van der Waals surface area contributed by atoms with Crippen molar-refractivity contribution < 1.29 is 28.6 Å². The Bertz CT molecular complexity index is 1580.